The Labute approximate surface area is 79.7 Å². The van der Waals surface area contributed by atoms with Gasteiger partial charge in [0.05, 0.1) is 6.10 Å². The van der Waals surface area contributed by atoms with Crippen molar-refractivity contribution in [1.29, 1.82) is 0 Å². The Morgan fingerprint density at radius 3 is 2.85 bits per heavy atom. The SMILES string of the molecule is CCCC(C)C(=O)N1CCC(O)C1. The van der Waals surface area contributed by atoms with Gasteiger partial charge in [0.25, 0.3) is 0 Å². The van der Waals surface area contributed by atoms with Crippen LogP contribution in [0.15, 0.2) is 0 Å². The van der Waals surface area contributed by atoms with Crippen molar-refractivity contribution in [3.63, 3.8) is 0 Å². The molecule has 3 heteroatoms. The molecule has 76 valence electrons. The normalized spacial score (nSPS) is 24.8. The zero-order valence-corrected chi connectivity index (χ0v) is 8.49. The van der Waals surface area contributed by atoms with Gasteiger partial charge in [-0.3, -0.25) is 4.79 Å². The lowest BCUT2D eigenvalue weighted by Crippen LogP contribution is -2.33. The van der Waals surface area contributed by atoms with Crippen LogP contribution >= 0.6 is 0 Å². The number of rotatable bonds is 3. The topological polar surface area (TPSA) is 40.5 Å². The third-order valence-electron chi connectivity index (χ3n) is 2.62. The average molecular weight is 185 g/mol. The minimum atomic E-state index is -0.294. The van der Waals surface area contributed by atoms with Gasteiger partial charge < -0.3 is 10.0 Å². The summed E-state index contributed by atoms with van der Waals surface area (Å²) in [6.45, 7) is 5.32. The van der Waals surface area contributed by atoms with Gasteiger partial charge in [0.2, 0.25) is 5.91 Å². The number of aliphatic hydroxyl groups excluding tert-OH is 1. The van der Waals surface area contributed by atoms with Crippen LogP contribution in [0.5, 0.6) is 0 Å². The van der Waals surface area contributed by atoms with E-state index >= 15 is 0 Å². The Morgan fingerprint density at radius 1 is 1.69 bits per heavy atom. The molecule has 13 heavy (non-hydrogen) atoms. The molecule has 0 aromatic rings. The molecule has 2 unspecified atom stereocenters. The number of carbonyl (C=O) groups is 1. The molecule has 0 spiro atoms. The number of β-amino-alcohol motifs (C(OH)–C–C–N with tert-alkyl or cyclic N) is 1. The fraction of sp³-hybridized carbons (Fsp3) is 0.900. The molecule has 0 aromatic carbocycles. The van der Waals surface area contributed by atoms with E-state index in [1.807, 2.05) is 6.92 Å². The fourth-order valence-corrected chi connectivity index (χ4v) is 1.81. The molecule has 1 aliphatic rings. The first-order chi connectivity index (χ1) is 6.15. The minimum absolute atomic E-state index is 0.121. The molecule has 1 heterocycles. The second-order valence-electron chi connectivity index (χ2n) is 3.92. The van der Waals surface area contributed by atoms with Crippen molar-refractivity contribution >= 4 is 5.91 Å². The van der Waals surface area contributed by atoms with Gasteiger partial charge in [-0.1, -0.05) is 20.3 Å². The van der Waals surface area contributed by atoms with Gasteiger partial charge in [0, 0.05) is 19.0 Å². The van der Waals surface area contributed by atoms with Crippen LogP contribution < -0.4 is 0 Å². The van der Waals surface area contributed by atoms with E-state index in [4.69, 9.17) is 0 Å². The summed E-state index contributed by atoms with van der Waals surface area (Å²) in [6, 6.07) is 0. The molecule has 0 radical (unpaired) electrons. The molecule has 1 saturated heterocycles. The molecule has 2 atom stereocenters. The lowest BCUT2D eigenvalue weighted by molar-refractivity contribution is -0.134. The molecule has 3 nitrogen and oxygen atoms in total. The fourth-order valence-electron chi connectivity index (χ4n) is 1.81. The standard InChI is InChI=1S/C10H19NO2/c1-3-4-8(2)10(13)11-6-5-9(12)7-11/h8-9,12H,3-7H2,1-2H3. The van der Waals surface area contributed by atoms with E-state index in [-0.39, 0.29) is 17.9 Å². The van der Waals surface area contributed by atoms with Crippen LogP contribution in [-0.2, 0) is 4.79 Å². The van der Waals surface area contributed by atoms with Crippen LogP contribution in [0, 0.1) is 5.92 Å². The summed E-state index contributed by atoms with van der Waals surface area (Å²) in [6.07, 6.45) is 2.44. The van der Waals surface area contributed by atoms with Crippen LogP contribution in [0.1, 0.15) is 33.1 Å². The van der Waals surface area contributed by atoms with Crippen molar-refractivity contribution in [2.24, 2.45) is 5.92 Å². The van der Waals surface area contributed by atoms with E-state index in [0.717, 1.165) is 25.8 Å². The lowest BCUT2D eigenvalue weighted by Gasteiger charge is -2.19. The molecule has 0 bridgehead atoms. The van der Waals surface area contributed by atoms with E-state index in [0.29, 0.717) is 6.54 Å². The first-order valence-electron chi connectivity index (χ1n) is 5.12. The predicted molar refractivity (Wildman–Crippen MR) is 51.3 cm³/mol. The van der Waals surface area contributed by atoms with Gasteiger partial charge in [0.1, 0.15) is 0 Å². The summed E-state index contributed by atoms with van der Waals surface area (Å²) >= 11 is 0. The second kappa shape index (κ2) is 4.61. The first kappa shape index (κ1) is 10.5. The van der Waals surface area contributed by atoms with Gasteiger partial charge in [0.15, 0.2) is 0 Å². The quantitative estimate of drug-likeness (QED) is 0.713. The van der Waals surface area contributed by atoms with Gasteiger partial charge in [-0.15, -0.1) is 0 Å². The maximum Gasteiger partial charge on any atom is 0.225 e. The lowest BCUT2D eigenvalue weighted by atomic mass is 10.1. The second-order valence-corrected chi connectivity index (χ2v) is 3.92. The predicted octanol–water partition coefficient (Wildman–Crippen LogP) is 1.02. The van der Waals surface area contributed by atoms with Crippen LogP contribution in [0.2, 0.25) is 0 Å². The average Bonchev–Trinajstić information content (AvgIpc) is 2.51. The summed E-state index contributed by atoms with van der Waals surface area (Å²) in [4.78, 5) is 13.5. The third-order valence-corrected chi connectivity index (χ3v) is 2.62. The Hall–Kier alpha value is -0.570. The van der Waals surface area contributed by atoms with Crippen LogP contribution in [0.4, 0.5) is 0 Å². The maximum atomic E-state index is 11.7. The van der Waals surface area contributed by atoms with Gasteiger partial charge in [-0.05, 0) is 12.8 Å². The molecule has 1 fully saturated rings. The molecule has 1 N–H and O–H groups in total. The number of likely N-dealkylation sites (tertiary alicyclic amines) is 1. The largest absolute Gasteiger partial charge is 0.391 e. The van der Waals surface area contributed by atoms with Crippen molar-refractivity contribution in [1.82, 2.24) is 4.90 Å². The number of aliphatic hydroxyl groups is 1. The monoisotopic (exact) mass is 185 g/mol. The van der Waals surface area contributed by atoms with Crippen LogP contribution in [0.3, 0.4) is 0 Å². The number of carbonyl (C=O) groups excluding carboxylic acids is 1. The van der Waals surface area contributed by atoms with Crippen molar-refractivity contribution in [3.05, 3.63) is 0 Å². The molecule has 1 aliphatic heterocycles. The smallest absolute Gasteiger partial charge is 0.225 e. The Bertz CT molecular complexity index is 182. The summed E-state index contributed by atoms with van der Waals surface area (Å²) in [5.74, 6) is 0.327. The minimum Gasteiger partial charge on any atom is -0.391 e. The van der Waals surface area contributed by atoms with Crippen LogP contribution in [-0.4, -0.2) is 35.1 Å². The first-order valence-corrected chi connectivity index (χ1v) is 5.12. The van der Waals surface area contributed by atoms with Crippen molar-refractivity contribution in [2.75, 3.05) is 13.1 Å². The highest BCUT2D eigenvalue weighted by Gasteiger charge is 2.26. The van der Waals surface area contributed by atoms with Crippen LogP contribution in [0.25, 0.3) is 0 Å². The Kier molecular flexibility index (Phi) is 3.72. The van der Waals surface area contributed by atoms with Crippen molar-refractivity contribution < 1.29 is 9.90 Å². The highest BCUT2D eigenvalue weighted by atomic mass is 16.3. The third kappa shape index (κ3) is 2.69. The molecular formula is C10H19NO2. The molecule has 0 saturated carbocycles. The zero-order chi connectivity index (χ0) is 9.84. The summed E-state index contributed by atoms with van der Waals surface area (Å²) in [5.41, 5.74) is 0. The van der Waals surface area contributed by atoms with Gasteiger partial charge in [-0.25, -0.2) is 0 Å². The van der Waals surface area contributed by atoms with Gasteiger partial charge in [-0.2, -0.15) is 0 Å². The van der Waals surface area contributed by atoms with E-state index in [1.165, 1.54) is 0 Å². The molecule has 1 rings (SSSR count). The summed E-state index contributed by atoms with van der Waals surface area (Å²) in [5, 5.41) is 9.27. The Morgan fingerprint density at radius 2 is 2.38 bits per heavy atom. The highest BCUT2D eigenvalue weighted by molar-refractivity contribution is 5.78. The molecular weight excluding hydrogens is 166 g/mol. The van der Waals surface area contributed by atoms with E-state index in [1.54, 1.807) is 4.90 Å². The molecule has 0 aliphatic carbocycles. The molecule has 1 amide bonds. The number of nitrogens with zero attached hydrogens (tertiary/aromatic N) is 1. The number of hydrogen-bond donors (Lipinski definition) is 1. The number of amides is 1. The molecule has 0 aromatic heterocycles. The van der Waals surface area contributed by atoms with Crippen molar-refractivity contribution in [3.8, 4) is 0 Å². The van der Waals surface area contributed by atoms with E-state index < -0.39 is 0 Å². The zero-order valence-electron chi connectivity index (χ0n) is 8.49. The maximum absolute atomic E-state index is 11.7. The van der Waals surface area contributed by atoms with Crippen molar-refractivity contribution in [2.45, 2.75) is 39.2 Å². The Balaban J connectivity index is 2.38. The van der Waals surface area contributed by atoms with Gasteiger partial charge >= 0.3 is 0 Å². The summed E-state index contributed by atoms with van der Waals surface area (Å²) < 4.78 is 0. The van der Waals surface area contributed by atoms with E-state index in [9.17, 15) is 9.90 Å². The number of hydrogen-bond acceptors (Lipinski definition) is 2. The van der Waals surface area contributed by atoms with E-state index in [2.05, 4.69) is 6.92 Å². The highest BCUT2D eigenvalue weighted by Crippen LogP contribution is 2.15. The summed E-state index contributed by atoms with van der Waals surface area (Å²) in [7, 11) is 0.